The third-order valence-corrected chi connectivity index (χ3v) is 7.01. The van der Waals surface area contributed by atoms with Crippen molar-refractivity contribution in [1.82, 2.24) is 24.5 Å². The van der Waals surface area contributed by atoms with Crippen LogP contribution in [0.4, 0.5) is 5.95 Å². The van der Waals surface area contributed by atoms with E-state index in [1.165, 1.54) is 0 Å². The number of hydrogen-bond donors (Lipinski definition) is 0. The average Bonchev–Trinajstić information content (AvgIpc) is 3.73. The molecule has 1 fully saturated rings. The average molecular weight is 506 g/mol. The van der Waals surface area contributed by atoms with E-state index in [0.29, 0.717) is 43.6 Å². The minimum absolute atomic E-state index is 0.404. The van der Waals surface area contributed by atoms with Gasteiger partial charge in [-0.25, -0.2) is 4.68 Å². The van der Waals surface area contributed by atoms with Crippen molar-refractivity contribution < 1.29 is 4.74 Å². The minimum Gasteiger partial charge on any atom is -0.378 e. The SMILES string of the molecule is N#C/C(=C\c1cn(-c2ccccc2)nc1-c1cccs1)c1nnc(N2CCOCC2)n1-c1ccccc1. The summed E-state index contributed by atoms with van der Waals surface area (Å²) in [6.45, 7) is 2.67. The van der Waals surface area contributed by atoms with Gasteiger partial charge in [0, 0.05) is 24.8 Å². The Morgan fingerprint density at radius 1 is 0.919 bits per heavy atom. The van der Waals surface area contributed by atoms with Crippen LogP contribution < -0.4 is 4.90 Å². The molecule has 0 amide bonds. The summed E-state index contributed by atoms with van der Waals surface area (Å²) < 4.78 is 9.33. The predicted octanol–water partition coefficient (Wildman–Crippen LogP) is 5.08. The van der Waals surface area contributed by atoms with Crippen LogP contribution in [-0.2, 0) is 4.74 Å². The summed E-state index contributed by atoms with van der Waals surface area (Å²) in [5, 5.41) is 26.2. The van der Waals surface area contributed by atoms with Crippen molar-refractivity contribution >= 4 is 28.9 Å². The highest BCUT2D eigenvalue weighted by atomic mass is 32.1. The first-order chi connectivity index (χ1) is 18.3. The number of para-hydroxylation sites is 2. The van der Waals surface area contributed by atoms with Crippen molar-refractivity contribution in [3.8, 4) is 28.0 Å². The van der Waals surface area contributed by atoms with E-state index in [2.05, 4.69) is 21.2 Å². The van der Waals surface area contributed by atoms with Gasteiger partial charge < -0.3 is 9.64 Å². The Balaban J connectivity index is 1.50. The topological polar surface area (TPSA) is 84.8 Å². The number of anilines is 1. The summed E-state index contributed by atoms with van der Waals surface area (Å²) in [5.74, 6) is 1.18. The van der Waals surface area contributed by atoms with Crippen LogP contribution in [0.3, 0.4) is 0 Å². The second-order valence-electron chi connectivity index (χ2n) is 8.45. The van der Waals surface area contributed by atoms with Crippen LogP contribution in [0.25, 0.3) is 33.6 Å². The van der Waals surface area contributed by atoms with E-state index < -0.39 is 0 Å². The maximum absolute atomic E-state index is 10.3. The zero-order chi connectivity index (χ0) is 25.0. The summed E-state index contributed by atoms with van der Waals surface area (Å²) in [5.41, 5.74) is 3.88. The first-order valence-corrected chi connectivity index (χ1v) is 12.8. The molecular formula is C28H23N7OS. The second-order valence-corrected chi connectivity index (χ2v) is 9.40. The molecule has 2 aromatic carbocycles. The third kappa shape index (κ3) is 4.56. The summed E-state index contributed by atoms with van der Waals surface area (Å²) in [6.07, 6.45) is 3.81. The van der Waals surface area contributed by atoms with Crippen molar-refractivity contribution in [2.45, 2.75) is 0 Å². The van der Waals surface area contributed by atoms with Gasteiger partial charge in [-0.1, -0.05) is 42.5 Å². The maximum atomic E-state index is 10.3. The van der Waals surface area contributed by atoms with Crippen molar-refractivity contribution in [1.29, 1.82) is 5.26 Å². The van der Waals surface area contributed by atoms with E-state index in [1.54, 1.807) is 11.3 Å². The van der Waals surface area contributed by atoms with Crippen LogP contribution in [0.2, 0.25) is 0 Å². The molecule has 9 heteroatoms. The van der Waals surface area contributed by atoms with E-state index in [9.17, 15) is 5.26 Å². The van der Waals surface area contributed by atoms with E-state index in [4.69, 9.17) is 9.84 Å². The number of ether oxygens (including phenoxy) is 1. The predicted molar refractivity (Wildman–Crippen MR) is 145 cm³/mol. The molecule has 1 saturated heterocycles. The number of rotatable bonds is 6. The van der Waals surface area contributed by atoms with Gasteiger partial charge in [-0.2, -0.15) is 10.4 Å². The number of nitriles is 1. The third-order valence-electron chi connectivity index (χ3n) is 6.13. The molecule has 0 radical (unpaired) electrons. The number of thiophene rings is 1. The van der Waals surface area contributed by atoms with Gasteiger partial charge >= 0.3 is 0 Å². The number of morpholine rings is 1. The van der Waals surface area contributed by atoms with Gasteiger partial charge in [-0.05, 0) is 41.8 Å². The van der Waals surface area contributed by atoms with E-state index >= 15 is 0 Å². The highest BCUT2D eigenvalue weighted by Gasteiger charge is 2.24. The number of aromatic nitrogens is 5. The quantitative estimate of drug-likeness (QED) is 0.299. The van der Waals surface area contributed by atoms with Crippen molar-refractivity contribution in [3.05, 3.63) is 95.8 Å². The zero-order valence-corrected chi connectivity index (χ0v) is 20.8. The van der Waals surface area contributed by atoms with Crippen LogP contribution in [0.5, 0.6) is 0 Å². The van der Waals surface area contributed by atoms with Gasteiger partial charge in [-0.15, -0.1) is 21.5 Å². The molecule has 4 heterocycles. The van der Waals surface area contributed by atoms with E-state index in [0.717, 1.165) is 27.5 Å². The summed E-state index contributed by atoms with van der Waals surface area (Å²) >= 11 is 1.61. The van der Waals surface area contributed by atoms with Gasteiger partial charge in [0.25, 0.3) is 0 Å². The first kappa shape index (κ1) is 22.9. The van der Waals surface area contributed by atoms with Gasteiger partial charge in [0.05, 0.1) is 35.0 Å². The number of allylic oxidation sites excluding steroid dienone is 1. The van der Waals surface area contributed by atoms with Gasteiger partial charge in [0.2, 0.25) is 5.95 Å². The molecule has 8 nitrogen and oxygen atoms in total. The fraction of sp³-hybridized carbons (Fsp3) is 0.143. The van der Waals surface area contributed by atoms with Gasteiger partial charge in [-0.3, -0.25) is 4.57 Å². The second kappa shape index (κ2) is 10.2. The molecule has 5 aromatic rings. The fourth-order valence-electron chi connectivity index (χ4n) is 4.35. The molecule has 0 bridgehead atoms. The molecular weight excluding hydrogens is 482 g/mol. The molecule has 0 unspecified atom stereocenters. The highest BCUT2D eigenvalue weighted by molar-refractivity contribution is 7.13. The number of hydrogen-bond acceptors (Lipinski definition) is 7. The Kier molecular flexibility index (Phi) is 6.33. The summed E-state index contributed by atoms with van der Waals surface area (Å²) in [4.78, 5) is 3.17. The monoisotopic (exact) mass is 505 g/mol. The van der Waals surface area contributed by atoms with Gasteiger partial charge in [0.15, 0.2) is 5.82 Å². The first-order valence-electron chi connectivity index (χ1n) is 12.0. The molecule has 0 aliphatic carbocycles. The molecule has 182 valence electrons. The Hall–Kier alpha value is -4.52. The molecule has 6 rings (SSSR count). The summed E-state index contributed by atoms with van der Waals surface area (Å²) in [7, 11) is 0. The standard InChI is InChI=1S/C28H23N7OS/c29-19-21(18-22-20-34(23-8-3-1-4-9-23)32-26(22)25-12-7-17-37-25)27-30-31-28(33-13-15-36-16-14-33)35(27)24-10-5-2-6-11-24/h1-12,17-18,20H,13-16H2/b21-18+. The maximum Gasteiger partial charge on any atom is 0.232 e. The van der Waals surface area contributed by atoms with Crippen LogP contribution in [0.15, 0.2) is 84.4 Å². The number of nitrogens with zero attached hydrogens (tertiary/aromatic N) is 7. The normalized spacial score (nSPS) is 14.0. The van der Waals surface area contributed by atoms with Crippen molar-refractivity contribution in [2.24, 2.45) is 0 Å². The molecule has 37 heavy (non-hydrogen) atoms. The Morgan fingerprint density at radius 3 is 2.32 bits per heavy atom. The molecule has 0 N–H and O–H groups in total. The molecule has 0 atom stereocenters. The zero-order valence-electron chi connectivity index (χ0n) is 19.9. The van der Waals surface area contributed by atoms with Crippen LogP contribution in [-0.4, -0.2) is 50.8 Å². The largest absolute Gasteiger partial charge is 0.378 e. The van der Waals surface area contributed by atoms with Crippen LogP contribution >= 0.6 is 11.3 Å². The van der Waals surface area contributed by atoms with Crippen molar-refractivity contribution in [3.63, 3.8) is 0 Å². The lowest BCUT2D eigenvalue weighted by atomic mass is 10.1. The molecule has 1 aliphatic rings. The molecule has 0 spiro atoms. The number of benzene rings is 2. The smallest absolute Gasteiger partial charge is 0.232 e. The Bertz CT molecular complexity index is 1560. The van der Waals surface area contributed by atoms with Crippen LogP contribution in [0, 0.1) is 11.3 Å². The van der Waals surface area contributed by atoms with E-state index in [-0.39, 0.29) is 0 Å². The Labute approximate surface area is 218 Å². The lowest BCUT2D eigenvalue weighted by molar-refractivity contribution is 0.122. The highest BCUT2D eigenvalue weighted by Crippen LogP contribution is 2.32. The van der Waals surface area contributed by atoms with Gasteiger partial charge in [0.1, 0.15) is 11.8 Å². The Morgan fingerprint density at radius 2 is 1.65 bits per heavy atom. The molecule has 1 aliphatic heterocycles. The summed E-state index contributed by atoms with van der Waals surface area (Å²) in [6, 6.07) is 26.3. The van der Waals surface area contributed by atoms with Crippen LogP contribution in [0.1, 0.15) is 11.4 Å². The minimum atomic E-state index is 0.404. The van der Waals surface area contributed by atoms with Crippen molar-refractivity contribution in [2.75, 3.05) is 31.2 Å². The fourth-order valence-corrected chi connectivity index (χ4v) is 5.08. The molecule has 0 saturated carbocycles. The lowest BCUT2D eigenvalue weighted by Crippen LogP contribution is -2.38. The van der Waals surface area contributed by atoms with E-state index in [1.807, 2.05) is 99.7 Å². The molecule has 3 aromatic heterocycles. The lowest BCUT2D eigenvalue weighted by Gasteiger charge is -2.28.